The molecule has 3 rings (SSSR count). The number of likely N-dealkylation sites (tertiary alicyclic amines) is 2. The minimum Gasteiger partial charge on any atom is -0.310 e. The van der Waals surface area contributed by atoms with Crippen molar-refractivity contribution in [1.82, 2.24) is 15.1 Å². The fourth-order valence-corrected chi connectivity index (χ4v) is 4.11. The zero-order valence-electron chi connectivity index (χ0n) is 12.0. The van der Waals surface area contributed by atoms with Crippen LogP contribution in [0.25, 0.3) is 0 Å². The van der Waals surface area contributed by atoms with E-state index in [0.717, 1.165) is 6.04 Å². The van der Waals surface area contributed by atoms with Crippen LogP contribution in [-0.4, -0.2) is 60.6 Å². The van der Waals surface area contributed by atoms with E-state index in [0.29, 0.717) is 5.54 Å². The number of nitrogens with one attached hydrogen (secondary N) is 1. The monoisotopic (exact) mass is 251 g/mol. The van der Waals surface area contributed by atoms with Crippen LogP contribution in [0.3, 0.4) is 0 Å². The molecule has 0 aliphatic carbocycles. The predicted octanol–water partition coefficient (Wildman–Crippen LogP) is 1.69. The minimum absolute atomic E-state index is 0.387. The summed E-state index contributed by atoms with van der Waals surface area (Å²) in [6, 6.07) is 0.861. The van der Waals surface area contributed by atoms with Crippen LogP contribution < -0.4 is 5.32 Å². The topological polar surface area (TPSA) is 18.5 Å². The maximum Gasteiger partial charge on any atom is 0.0280 e. The number of nitrogens with zero attached hydrogens (tertiary/aromatic N) is 2. The lowest BCUT2D eigenvalue weighted by atomic mass is 9.90. The largest absolute Gasteiger partial charge is 0.310 e. The highest BCUT2D eigenvalue weighted by Crippen LogP contribution is 2.25. The Kier molecular flexibility index (Phi) is 3.92. The van der Waals surface area contributed by atoms with Gasteiger partial charge in [0.25, 0.3) is 0 Å². The van der Waals surface area contributed by atoms with E-state index in [1.807, 2.05) is 0 Å². The van der Waals surface area contributed by atoms with Crippen molar-refractivity contribution < 1.29 is 0 Å². The summed E-state index contributed by atoms with van der Waals surface area (Å²) < 4.78 is 0. The van der Waals surface area contributed by atoms with Gasteiger partial charge in [-0.05, 0) is 65.2 Å². The van der Waals surface area contributed by atoms with Gasteiger partial charge in [-0.1, -0.05) is 6.42 Å². The van der Waals surface area contributed by atoms with Gasteiger partial charge in [-0.15, -0.1) is 0 Å². The number of hydrogen-bond acceptors (Lipinski definition) is 3. The molecule has 3 fully saturated rings. The van der Waals surface area contributed by atoms with E-state index in [2.05, 4.69) is 22.0 Å². The van der Waals surface area contributed by atoms with Crippen LogP contribution in [0.1, 0.15) is 45.4 Å². The van der Waals surface area contributed by atoms with Crippen molar-refractivity contribution >= 4 is 0 Å². The highest BCUT2D eigenvalue weighted by atomic mass is 15.3. The molecular formula is C15H29N3. The Morgan fingerprint density at radius 1 is 1.11 bits per heavy atom. The first-order valence-corrected chi connectivity index (χ1v) is 7.97. The summed E-state index contributed by atoms with van der Waals surface area (Å²) in [4.78, 5) is 5.44. The second-order valence-corrected chi connectivity index (χ2v) is 6.87. The third kappa shape index (κ3) is 2.89. The zero-order chi connectivity index (χ0) is 12.4. The van der Waals surface area contributed by atoms with Crippen molar-refractivity contribution in [3.8, 4) is 0 Å². The lowest BCUT2D eigenvalue weighted by Crippen LogP contribution is -2.53. The lowest BCUT2D eigenvalue weighted by molar-refractivity contribution is 0.171. The number of rotatable bonds is 3. The number of piperidine rings is 1. The molecule has 0 aromatic carbocycles. The van der Waals surface area contributed by atoms with Gasteiger partial charge >= 0.3 is 0 Å². The van der Waals surface area contributed by atoms with Gasteiger partial charge in [-0.2, -0.15) is 0 Å². The summed E-state index contributed by atoms with van der Waals surface area (Å²) in [6.07, 6.45) is 8.39. The van der Waals surface area contributed by atoms with Crippen molar-refractivity contribution in [1.29, 1.82) is 0 Å². The maximum absolute atomic E-state index is 3.75. The van der Waals surface area contributed by atoms with E-state index < -0.39 is 0 Å². The van der Waals surface area contributed by atoms with Gasteiger partial charge in [0.1, 0.15) is 0 Å². The van der Waals surface area contributed by atoms with Gasteiger partial charge in [-0.25, -0.2) is 0 Å². The molecular weight excluding hydrogens is 222 g/mol. The van der Waals surface area contributed by atoms with Gasteiger partial charge in [0.2, 0.25) is 0 Å². The molecule has 3 aliphatic rings. The molecule has 0 aromatic heterocycles. The Morgan fingerprint density at radius 3 is 2.67 bits per heavy atom. The third-order valence-corrected chi connectivity index (χ3v) is 5.18. The molecule has 0 radical (unpaired) electrons. The SMILES string of the molecule is CC1(CN2CCC(N3CCCC3)C2)CCCCN1. The maximum atomic E-state index is 3.75. The number of hydrogen-bond donors (Lipinski definition) is 1. The van der Waals surface area contributed by atoms with Crippen LogP contribution >= 0.6 is 0 Å². The third-order valence-electron chi connectivity index (χ3n) is 5.18. The quantitative estimate of drug-likeness (QED) is 0.823. The molecule has 3 heteroatoms. The normalized spacial score (nSPS) is 39.5. The molecule has 2 atom stereocenters. The van der Waals surface area contributed by atoms with Crippen LogP contribution in [0.2, 0.25) is 0 Å². The summed E-state index contributed by atoms with van der Waals surface area (Å²) in [5.41, 5.74) is 0.387. The first-order valence-electron chi connectivity index (χ1n) is 7.97. The molecule has 0 aromatic rings. The van der Waals surface area contributed by atoms with E-state index in [1.165, 1.54) is 77.8 Å². The van der Waals surface area contributed by atoms with E-state index >= 15 is 0 Å². The summed E-state index contributed by atoms with van der Waals surface area (Å²) >= 11 is 0. The molecule has 18 heavy (non-hydrogen) atoms. The second kappa shape index (κ2) is 5.48. The Hall–Kier alpha value is -0.120. The van der Waals surface area contributed by atoms with Gasteiger partial charge in [0.05, 0.1) is 0 Å². The van der Waals surface area contributed by atoms with Crippen molar-refractivity contribution in [2.45, 2.75) is 57.0 Å². The van der Waals surface area contributed by atoms with E-state index in [9.17, 15) is 0 Å². The zero-order valence-corrected chi connectivity index (χ0v) is 12.0. The molecule has 3 saturated heterocycles. The van der Waals surface area contributed by atoms with E-state index in [-0.39, 0.29) is 0 Å². The average molecular weight is 251 g/mol. The summed E-state index contributed by atoms with van der Waals surface area (Å²) in [7, 11) is 0. The van der Waals surface area contributed by atoms with Gasteiger partial charge in [-0.3, -0.25) is 9.80 Å². The minimum atomic E-state index is 0.387. The fourth-order valence-electron chi connectivity index (χ4n) is 4.11. The smallest absolute Gasteiger partial charge is 0.0280 e. The van der Waals surface area contributed by atoms with Crippen molar-refractivity contribution in [2.24, 2.45) is 0 Å². The first kappa shape index (κ1) is 12.9. The predicted molar refractivity (Wildman–Crippen MR) is 75.9 cm³/mol. The highest BCUT2D eigenvalue weighted by molar-refractivity contribution is 4.93. The van der Waals surface area contributed by atoms with Gasteiger partial charge in [0.15, 0.2) is 0 Å². The van der Waals surface area contributed by atoms with E-state index in [1.54, 1.807) is 0 Å². The molecule has 0 amide bonds. The Bertz CT molecular complexity index is 267. The fraction of sp³-hybridized carbons (Fsp3) is 1.00. The molecule has 0 bridgehead atoms. The van der Waals surface area contributed by atoms with Crippen LogP contribution in [0, 0.1) is 0 Å². The molecule has 3 nitrogen and oxygen atoms in total. The van der Waals surface area contributed by atoms with E-state index in [4.69, 9.17) is 0 Å². The Morgan fingerprint density at radius 2 is 1.94 bits per heavy atom. The van der Waals surface area contributed by atoms with Crippen LogP contribution in [-0.2, 0) is 0 Å². The second-order valence-electron chi connectivity index (χ2n) is 6.87. The highest BCUT2D eigenvalue weighted by Gasteiger charge is 2.34. The van der Waals surface area contributed by atoms with Crippen molar-refractivity contribution in [2.75, 3.05) is 39.3 Å². The molecule has 0 spiro atoms. The standard InChI is InChI=1S/C15H29N3/c1-15(7-2-3-8-16-15)13-17-11-6-14(12-17)18-9-4-5-10-18/h14,16H,2-13H2,1H3. The molecule has 104 valence electrons. The lowest BCUT2D eigenvalue weighted by Gasteiger charge is -2.38. The van der Waals surface area contributed by atoms with Crippen molar-refractivity contribution in [3.05, 3.63) is 0 Å². The van der Waals surface area contributed by atoms with Crippen LogP contribution in [0.4, 0.5) is 0 Å². The summed E-state index contributed by atoms with van der Waals surface area (Å²) in [6.45, 7) is 10.3. The van der Waals surface area contributed by atoms with Crippen LogP contribution in [0.15, 0.2) is 0 Å². The molecule has 3 heterocycles. The van der Waals surface area contributed by atoms with Gasteiger partial charge in [0, 0.05) is 24.7 Å². The Balaban J connectivity index is 1.49. The molecule has 2 unspecified atom stereocenters. The van der Waals surface area contributed by atoms with Crippen LogP contribution in [0.5, 0.6) is 0 Å². The molecule has 3 aliphatic heterocycles. The summed E-state index contributed by atoms with van der Waals surface area (Å²) in [5.74, 6) is 0. The molecule has 1 N–H and O–H groups in total. The average Bonchev–Trinajstić information content (AvgIpc) is 2.99. The van der Waals surface area contributed by atoms with Gasteiger partial charge < -0.3 is 5.32 Å². The van der Waals surface area contributed by atoms with Crippen molar-refractivity contribution in [3.63, 3.8) is 0 Å². The first-order chi connectivity index (χ1) is 8.75. The summed E-state index contributed by atoms with van der Waals surface area (Å²) in [5, 5.41) is 3.75. The Labute approximate surface area is 112 Å². The molecule has 0 saturated carbocycles.